The van der Waals surface area contributed by atoms with Crippen LogP contribution in [-0.2, 0) is 0 Å². The topological polar surface area (TPSA) is 32.3 Å². The first-order chi connectivity index (χ1) is 8.97. The summed E-state index contributed by atoms with van der Waals surface area (Å²) in [5.74, 6) is 1.13. The van der Waals surface area contributed by atoms with Crippen molar-refractivity contribution in [2.75, 3.05) is 18.4 Å². The van der Waals surface area contributed by atoms with Gasteiger partial charge in [0.15, 0.2) is 0 Å². The van der Waals surface area contributed by atoms with E-state index in [-0.39, 0.29) is 6.03 Å². The van der Waals surface area contributed by atoms with Gasteiger partial charge in [-0.05, 0) is 42.9 Å². The molecular weight excluding hydrogens is 260 g/mol. The monoisotopic (exact) mass is 280 g/mol. The Bertz CT molecular complexity index is 465. The largest absolute Gasteiger partial charge is 0.324 e. The van der Waals surface area contributed by atoms with E-state index in [9.17, 15) is 4.79 Å². The van der Waals surface area contributed by atoms with Crippen LogP contribution in [0.2, 0.25) is 5.02 Å². The van der Waals surface area contributed by atoms with Crippen molar-refractivity contribution in [2.24, 2.45) is 11.8 Å². The molecule has 2 rings (SSSR count). The Labute approximate surface area is 119 Å². The van der Waals surface area contributed by atoms with Crippen molar-refractivity contribution in [3.63, 3.8) is 0 Å². The molecular formula is C15H21ClN2O. The molecule has 0 spiro atoms. The maximum Gasteiger partial charge on any atom is 0.321 e. The molecule has 104 valence electrons. The minimum absolute atomic E-state index is 0.0243. The molecule has 1 saturated heterocycles. The molecule has 1 heterocycles. The number of rotatable bonds is 1. The Hall–Kier alpha value is -1.22. The number of hydrogen-bond donors (Lipinski definition) is 1. The van der Waals surface area contributed by atoms with Gasteiger partial charge in [0.05, 0.1) is 0 Å². The fourth-order valence-electron chi connectivity index (χ4n) is 2.77. The van der Waals surface area contributed by atoms with E-state index in [2.05, 4.69) is 19.2 Å². The summed E-state index contributed by atoms with van der Waals surface area (Å²) in [4.78, 5) is 14.2. The molecule has 0 radical (unpaired) electrons. The molecule has 0 saturated carbocycles. The number of benzene rings is 1. The smallest absolute Gasteiger partial charge is 0.321 e. The zero-order valence-electron chi connectivity index (χ0n) is 11.7. The van der Waals surface area contributed by atoms with Crippen LogP contribution in [0.15, 0.2) is 18.2 Å². The van der Waals surface area contributed by atoms with E-state index < -0.39 is 0 Å². The molecule has 2 amide bonds. The third kappa shape index (κ3) is 3.41. The first-order valence-electron chi connectivity index (χ1n) is 6.78. The quantitative estimate of drug-likeness (QED) is 0.823. The van der Waals surface area contributed by atoms with Crippen LogP contribution in [0.5, 0.6) is 0 Å². The van der Waals surface area contributed by atoms with Gasteiger partial charge >= 0.3 is 6.03 Å². The Balaban J connectivity index is 2.06. The average Bonchev–Trinajstić information content (AvgIpc) is 2.33. The Morgan fingerprint density at radius 2 is 1.95 bits per heavy atom. The maximum atomic E-state index is 12.3. The van der Waals surface area contributed by atoms with Crippen molar-refractivity contribution in [1.29, 1.82) is 0 Å². The highest BCUT2D eigenvalue weighted by atomic mass is 35.5. The van der Waals surface area contributed by atoms with E-state index in [1.807, 2.05) is 30.0 Å². The number of carbonyl (C=O) groups excluding carboxylic acids is 1. The highest BCUT2D eigenvalue weighted by molar-refractivity contribution is 6.31. The lowest BCUT2D eigenvalue weighted by Gasteiger charge is -2.35. The summed E-state index contributed by atoms with van der Waals surface area (Å²) in [5, 5.41) is 3.64. The first kappa shape index (κ1) is 14.2. The fraction of sp³-hybridized carbons (Fsp3) is 0.533. The summed E-state index contributed by atoms with van der Waals surface area (Å²) in [6, 6.07) is 5.55. The Kier molecular flexibility index (Phi) is 4.35. The Morgan fingerprint density at radius 3 is 2.58 bits per heavy atom. The summed E-state index contributed by atoms with van der Waals surface area (Å²) in [6.45, 7) is 7.96. The molecule has 19 heavy (non-hydrogen) atoms. The lowest BCUT2D eigenvalue weighted by molar-refractivity contribution is 0.156. The summed E-state index contributed by atoms with van der Waals surface area (Å²) in [6.07, 6.45) is 1.19. The molecule has 0 bridgehead atoms. The molecule has 2 unspecified atom stereocenters. The molecule has 1 aromatic carbocycles. The summed E-state index contributed by atoms with van der Waals surface area (Å²) >= 11 is 6.06. The van der Waals surface area contributed by atoms with Gasteiger partial charge in [0, 0.05) is 23.8 Å². The van der Waals surface area contributed by atoms with Gasteiger partial charge in [-0.2, -0.15) is 0 Å². The van der Waals surface area contributed by atoms with Crippen LogP contribution in [-0.4, -0.2) is 24.0 Å². The van der Waals surface area contributed by atoms with Crippen molar-refractivity contribution in [3.8, 4) is 0 Å². The summed E-state index contributed by atoms with van der Waals surface area (Å²) in [7, 11) is 0. The third-order valence-corrected chi connectivity index (χ3v) is 4.07. The third-order valence-electron chi connectivity index (χ3n) is 3.67. The molecule has 1 aromatic rings. The van der Waals surface area contributed by atoms with E-state index >= 15 is 0 Å². The van der Waals surface area contributed by atoms with Crippen molar-refractivity contribution >= 4 is 23.3 Å². The van der Waals surface area contributed by atoms with Crippen LogP contribution in [0.25, 0.3) is 0 Å². The Morgan fingerprint density at radius 1 is 1.32 bits per heavy atom. The number of piperidine rings is 1. The van der Waals surface area contributed by atoms with Gasteiger partial charge in [-0.15, -0.1) is 0 Å². The number of carbonyl (C=O) groups is 1. The van der Waals surface area contributed by atoms with E-state index in [1.165, 1.54) is 6.42 Å². The first-order valence-corrected chi connectivity index (χ1v) is 7.16. The fourth-order valence-corrected chi connectivity index (χ4v) is 2.94. The molecule has 2 atom stereocenters. The molecule has 1 N–H and O–H groups in total. The van der Waals surface area contributed by atoms with Crippen molar-refractivity contribution in [1.82, 2.24) is 4.90 Å². The second-order valence-corrected chi connectivity index (χ2v) is 6.10. The van der Waals surface area contributed by atoms with Crippen molar-refractivity contribution in [2.45, 2.75) is 27.2 Å². The molecule has 1 fully saturated rings. The number of urea groups is 1. The summed E-state index contributed by atoms with van der Waals surface area (Å²) < 4.78 is 0. The van der Waals surface area contributed by atoms with Gasteiger partial charge in [-0.3, -0.25) is 0 Å². The molecule has 3 nitrogen and oxygen atoms in total. The molecule has 0 aliphatic carbocycles. The SMILES string of the molecule is Cc1c(Cl)cccc1NC(=O)N1CC(C)CC(C)C1. The van der Waals surface area contributed by atoms with Gasteiger partial charge in [-0.1, -0.05) is 31.5 Å². The van der Waals surface area contributed by atoms with Crippen molar-refractivity contribution in [3.05, 3.63) is 28.8 Å². The number of nitrogens with one attached hydrogen (secondary N) is 1. The number of halogens is 1. The number of hydrogen-bond acceptors (Lipinski definition) is 1. The molecule has 0 aromatic heterocycles. The molecule has 4 heteroatoms. The number of anilines is 1. The van der Waals surface area contributed by atoms with Crippen LogP contribution in [0, 0.1) is 18.8 Å². The average molecular weight is 281 g/mol. The van der Waals surface area contributed by atoms with E-state index in [0.717, 1.165) is 24.3 Å². The standard InChI is InChI=1S/C15H21ClN2O/c1-10-7-11(2)9-18(8-10)15(19)17-14-6-4-5-13(16)12(14)3/h4-6,10-11H,7-9H2,1-3H3,(H,17,19). The van der Waals surface area contributed by atoms with Crippen LogP contribution in [0.4, 0.5) is 10.5 Å². The number of nitrogens with zero attached hydrogens (tertiary/aromatic N) is 1. The van der Waals surface area contributed by atoms with Gasteiger partial charge in [0.25, 0.3) is 0 Å². The second-order valence-electron chi connectivity index (χ2n) is 5.69. The zero-order valence-corrected chi connectivity index (χ0v) is 12.5. The lowest BCUT2D eigenvalue weighted by atomic mass is 9.92. The van der Waals surface area contributed by atoms with Crippen molar-refractivity contribution < 1.29 is 4.79 Å². The van der Waals surface area contributed by atoms with E-state index in [4.69, 9.17) is 11.6 Å². The maximum absolute atomic E-state index is 12.3. The predicted molar refractivity (Wildman–Crippen MR) is 79.7 cm³/mol. The minimum atomic E-state index is -0.0243. The van der Waals surface area contributed by atoms with Gasteiger partial charge in [0.1, 0.15) is 0 Å². The number of amides is 2. The minimum Gasteiger partial charge on any atom is -0.324 e. The number of likely N-dealkylation sites (tertiary alicyclic amines) is 1. The lowest BCUT2D eigenvalue weighted by Crippen LogP contribution is -2.44. The van der Waals surface area contributed by atoms with Crippen LogP contribution < -0.4 is 5.32 Å². The van der Waals surface area contributed by atoms with Crippen LogP contribution in [0.1, 0.15) is 25.8 Å². The van der Waals surface area contributed by atoms with E-state index in [0.29, 0.717) is 16.9 Å². The predicted octanol–water partition coefficient (Wildman–Crippen LogP) is 4.16. The highest BCUT2D eigenvalue weighted by Gasteiger charge is 2.25. The van der Waals surface area contributed by atoms with Gasteiger partial charge in [-0.25, -0.2) is 4.79 Å². The molecule has 1 aliphatic heterocycles. The second kappa shape index (κ2) is 5.83. The summed E-state index contributed by atoms with van der Waals surface area (Å²) in [5.41, 5.74) is 1.71. The highest BCUT2D eigenvalue weighted by Crippen LogP contribution is 2.25. The molecule has 1 aliphatic rings. The van der Waals surface area contributed by atoms with Gasteiger partial charge in [0.2, 0.25) is 0 Å². The van der Waals surface area contributed by atoms with Crippen LogP contribution in [0.3, 0.4) is 0 Å². The van der Waals surface area contributed by atoms with Gasteiger partial charge < -0.3 is 10.2 Å². The van der Waals surface area contributed by atoms with E-state index in [1.54, 1.807) is 0 Å². The zero-order chi connectivity index (χ0) is 14.0. The van der Waals surface area contributed by atoms with Crippen LogP contribution >= 0.6 is 11.6 Å². The normalized spacial score (nSPS) is 23.3.